The second-order valence-corrected chi connectivity index (χ2v) is 3.40. The molecule has 1 aromatic carbocycles. The summed E-state index contributed by atoms with van der Waals surface area (Å²) in [5.41, 5.74) is 0.143. The Hall–Kier alpha value is -1.62. The molecule has 0 aliphatic carbocycles. The first-order valence-corrected chi connectivity index (χ1v) is 5.10. The molecule has 92 valence electrons. The number of benzene rings is 1. The highest BCUT2D eigenvalue weighted by Crippen LogP contribution is 2.21. The maximum atomic E-state index is 13.4. The fourth-order valence-corrected chi connectivity index (χ4v) is 1.31. The third-order valence-corrected chi connectivity index (χ3v) is 2.27. The monoisotopic (exact) mass is 241 g/mol. The van der Waals surface area contributed by atoms with Gasteiger partial charge in [0.1, 0.15) is 24.6 Å². The Balaban J connectivity index is 2.69. The molecule has 0 bridgehead atoms. The van der Waals surface area contributed by atoms with E-state index in [1.807, 2.05) is 0 Å². The van der Waals surface area contributed by atoms with Gasteiger partial charge in [0.05, 0.1) is 6.61 Å². The zero-order chi connectivity index (χ0) is 12.7. The highest BCUT2D eigenvalue weighted by molar-refractivity contribution is 5.21. The van der Waals surface area contributed by atoms with Gasteiger partial charge in [-0.1, -0.05) is 29.5 Å². The van der Waals surface area contributed by atoms with Crippen LogP contribution in [0.1, 0.15) is 11.6 Å². The number of nitroso groups, excluding NO2 is 1. The van der Waals surface area contributed by atoms with Gasteiger partial charge in [-0.2, -0.15) is 4.91 Å². The van der Waals surface area contributed by atoms with E-state index in [4.69, 9.17) is 4.74 Å². The van der Waals surface area contributed by atoms with Crippen molar-refractivity contribution in [3.8, 4) is 0 Å². The number of nitrogens with zero attached hydrogens (tertiary/aromatic N) is 1. The Morgan fingerprint density at radius 2 is 2.18 bits per heavy atom. The van der Waals surface area contributed by atoms with Gasteiger partial charge in [0.15, 0.2) is 0 Å². The summed E-state index contributed by atoms with van der Waals surface area (Å²) in [6.07, 6.45) is 0.481. The van der Waals surface area contributed by atoms with E-state index in [0.29, 0.717) is 0 Å². The minimum atomic E-state index is -0.981. The second kappa shape index (κ2) is 6.85. The topological polar surface area (TPSA) is 38.7 Å². The molecular weight excluding hydrogens is 228 g/mol. The van der Waals surface area contributed by atoms with Crippen molar-refractivity contribution >= 4 is 0 Å². The summed E-state index contributed by atoms with van der Waals surface area (Å²) >= 11 is 0. The summed E-state index contributed by atoms with van der Waals surface area (Å²) in [6, 6.07) is 4.80. The van der Waals surface area contributed by atoms with E-state index in [0.717, 1.165) is 0 Å². The van der Waals surface area contributed by atoms with Crippen LogP contribution in [0, 0.1) is 10.7 Å². The molecule has 1 unspecified atom stereocenters. The van der Waals surface area contributed by atoms with Crippen LogP contribution in [0.5, 0.6) is 0 Å². The maximum absolute atomic E-state index is 13.4. The van der Waals surface area contributed by atoms with E-state index >= 15 is 0 Å². The van der Waals surface area contributed by atoms with Crippen molar-refractivity contribution in [3.63, 3.8) is 0 Å². The number of hydrogen-bond acceptors (Lipinski definition) is 3. The van der Waals surface area contributed by atoms with Gasteiger partial charge in [0, 0.05) is 5.56 Å². The van der Waals surface area contributed by atoms with Gasteiger partial charge in [-0.3, -0.25) is 0 Å². The van der Waals surface area contributed by atoms with Crippen LogP contribution in [0.3, 0.4) is 0 Å². The molecule has 0 aromatic heterocycles. The van der Waals surface area contributed by atoms with E-state index < -0.39 is 24.6 Å². The van der Waals surface area contributed by atoms with Crippen molar-refractivity contribution in [3.05, 3.63) is 53.2 Å². The summed E-state index contributed by atoms with van der Waals surface area (Å²) in [5.74, 6) is -0.531. The van der Waals surface area contributed by atoms with Gasteiger partial charge in [-0.05, 0) is 6.07 Å². The first kappa shape index (κ1) is 13.4. The molecule has 3 nitrogen and oxygen atoms in total. The van der Waals surface area contributed by atoms with E-state index in [2.05, 4.69) is 11.8 Å². The largest absolute Gasteiger partial charge is 0.369 e. The van der Waals surface area contributed by atoms with Crippen LogP contribution in [0.2, 0.25) is 0 Å². The summed E-state index contributed by atoms with van der Waals surface area (Å²) in [5, 5.41) is 2.79. The lowest BCUT2D eigenvalue weighted by molar-refractivity contribution is 0.0577. The zero-order valence-corrected chi connectivity index (χ0v) is 9.18. The van der Waals surface area contributed by atoms with Crippen LogP contribution in [-0.2, 0) is 4.74 Å². The van der Waals surface area contributed by atoms with Gasteiger partial charge < -0.3 is 4.74 Å². The molecule has 1 aromatic rings. The molecule has 5 heteroatoms. The minimum Gasteiger partial charge on any atom is -0.369 e. The SMILES string of the molecule is C=C[C@@H](CF)OCC(N=O)c1ccccc1F. The van der Waals surface area contributed by atoms with E-state index in [9.17, 15) is 13.7 Å². The molecule has 0 fully saturated rings. The zero-order valence-electron chi connectivity index (χ0n) is 9.18. The number of rotatable bonds is 7. The molecule has 1 rings (SSSR count). The predicted molar refractivity (Wildman–Crippen MR) is 60.8 cm³/mol. The normalized spacial score (nSPS) is 14.0. The summed E-state index contributed by atoms with van der Waals surface area (Å²) in [6.45, 7) is 2.46. The molecule has 0 heterocycles. The van der Waals surface area contributed by atoms with Gasteiger partial charge in [0.25, 0.3) is 0 Å². The summed E-state index contributed by atoms with van der Waals surface area (Å²) < 4.78 is 30.7. The third-order valence-electron chi connectivity index (χ3n) is 2.27. The van der Waals surface area contributed by atoms with Crippen LogP contribution in [0.15, 0.2) is 42.1 Å². The Kier molecular flexibility index (Phi) is 5.42. The lowest BCUT2D eigenvalue weighted by Gasteiger charge is -2.14. The summed E-state index contributed by atoms with van der Waals surface area (Å²) in [4.78, 5) is 10.6. The number of alkyl halides is 1. The number of halogens is 2. The molecule has 0 aliphatic rings. The fourth-order valence-electron chi connectivity index (χ4n) is 1.31. The van der Waals surface area contributed by atoms with Crippen molar-refractivity contribution in [1.29, 1.82) is 0 Å². The highest BCUT2D eigenvalue weighted by atomic mass is 19.1. The van der Waals surface area contributed by atoms with Crippen LogP contribution in [0.25, 0.3) is 0 Å². The summed E-state index contributed by atoms with van der Waals surface area (Å²) in [7, 11) is 0. The van der Waals surface area contributed by atoms with Crippen LogP contribution >= 0.6 is 0 Å². The molecule has 0 N–H and O–H groups in total. The molecule has 17 heavy (non-hydrogen) atoms. The lowest BCUT2D eigenvalue weighted by Crippen LogP contribution is -2.16. The number of ether oxygens (including phenoxy) is 1. The van der Waals surface area contributed by atoms with Gasteiger partial charge in [-0.15, -0.1) is 6.58 Å². The highest BCUT2D eigenvalue weighted by Gasteiger charge is 2.17. The fraction of sp³-hybridized carbons (Fsp3) is 0.333. The first-order valence-electron chi connectivity index (χ1n) is 5.10. The van der Waals surface area contributed by atoms with Crippen molar-refractivity contribution < 1.29 is 13.5 Å². The average Bonchev–Trinajstić information content (AvgIpc) is 2.36. The van der Waals surface area contributed by atoms with Crippen molar-refractivity contribution in [2.24, 2.45) is 5.18 Å². The third kappa shape index (κ3) is 3.71. The average molecular weight is 241 g/mol. The van der Waals surface area contributed by atoms with Crippen LogP contribution < -0.4 is 0 Å². The first-order chi connectivity index (χ1) is 8.22. The standard InChI is InChI=1S/C12H13F2NO2/c1-2-9(7-13)17-8-12(15-16)10-5-3-4-6-11(10)14/h2-6,9,12H,1,7-8H2/t9-,12?/m0/s1. The molecule has 0 aliphatic heterocycles. The van der Waals surface area contributed by atoms with Gasteiger partial charge in [0.2, 0.25) is 0 Å². The lowest BCUT2D eigenvalue weighted by atomic mass is 10.1. The predicted octanol–water partition coefficient (Wildman–Crippen LogP) is 3.17. The van der Waals surface area contributed by atoms with Gasteiger partial charge >= 0.3 is 0 Å². The van der Waals surface area contributed by atoms with Crippen molar-refractivity contribution in [2.75, 3.05) is 13.3 Å². The van der Waals surface area contributed by atoms with Crippen LogP contribution in [-0.4, -0.2) is 19.4 Å². The second-order valence-electron chi connectivity index (χ2n) is 3.40. The van der Waals surface area contributed by atoms with E-state index in [1.54, 1.807) is 6.07 Å². The van der Waals surface area contributed by atoms with Gasteiger partial charge in [-0.25, -0.2) is 8.78 Å². The molecular formula is C12H13F2NO2. The van der Waals surface area contributed by atoms with E-state index in [1.165, 1.54) is 24.3 Å². The molecule has 0 saturated carbocycles. The molecule has 0 amide bonds. The molecule has 0 spiro atoms. The van der Waals surface area contributed by atoms with Crippen molar-refractivity contribution in [2.45, 2.75) is 12.1 Å². The number of hydrogen-bond donors (Lipinski definition) is 0. The molecule has 0 radical (unpaired) electrons. The smallest absolute Gasteiger partial charge is 0.143 e. The molecule has 2 atom stereocenters. The van der Waals surface area contributed by atoms with E-state index in [-0.39, 0.29) is 12.2 Å². The Morgan fingerprint density at radius 3 is 2.71 bits per heavy atom. The quantitative estimate of drug-likeness (QED) is 0.543. The van der Waals surface area contributed by atoms with Crippen molar-refractivity contribution in [1.82, 2.24) is 0 Å². The Morgan fingerprint density at radius 1 is 1.47 bits per heavy atom. The Labute approximate surface area is 98.1 Å². The maximum Gasteiger partial charge on any atom is 0.143 e. The Bertz CT molecular complexity index is 385. The molecule has 0 saturated heterocycles. The minimum absolute atomic E-state index is 0.143. The van der Waals surface area contributed by atoms with Crippen LogP contribution in [0.4, 0.5) is 8.78 Å².